The number of methoxy groups -OCH3 is 1. The highest BCUT2D eigenvalue weighted by Crippen LogP contribution is 2.15. The Morgan fingerprint density at radius 3 is 2.78 bits per heavy atom. The molecule has 0 heterocycles. The number of hydrogen-bond donors (Lipinski definition) is 1. The summed E-state index contributed by atoms with van der Waals surface area (Å²) < 4.78 is 5.39. The minimum absolute atomic E-state index is 0.126. The van der Waals surface area contributed by atoms with Crippen LogP contribution in [0.1, 0.15) is 28.8 Å². The molecule has 0 atom stereocenters. The molecule has 0 saturated heterocycles. The van der Waals surface area contributed by atoms with Crippen LogP contribution in [0.15, 0.2) is 22.7 Å². The molecule has 1 amide bonds. The van der Waals surface area contributed by atoms with Crippen molar-refractivity contribution in [1.82, 2.24) is 5.32 Å². The predicted molar refractivity (Wildman–Crippen MR) is 72.5 cm³/mol. The summed E-state index contributed by atoms with van der Waals surface area (Å²) in [6.45, 7) is 2.34. The molecule has 0 unspecified atom stereocenters. The molecule has 18 heavy (non-hydrogen) atoms. The van der Waals surface area contributed by atoms with E-state index in [-0.39, 0.29) is 11.9 Å². The first kappa shape index (κ1) is 14.7. The standard InChI is InChI=1S/C13H16BrNO3/c1-9-5-6-10(14)8-11(9)13(17)15-7-3-4-12(16)18-2/h5-6,8H,3-4,7H2,1-2H3,(H,15,17). The lowest BCUT2D eigenvalue weighted by Gasteiger charge is -2.07. The second kappa shape index (κ2) is 7.16. The maximum absolute atomic E-state index is 11.9. The van der Waals surface area contributed by atoms with Gasteiger partial charge in [-0.15, -0.1) is 0 Å². The Hall–Kier alpha value is -1.36. The van der Waals surface area contributed by atoms with Crippen molar-refractivity contribution >= 4 is 27.8 Å². The molecule has 0 radical (unpaired) electrons. The summed E-state index contributed by atoms with van der Waals surface area (Å²) in [5.74, 6) is -0.387. The van der Waals surface area contributed by atoms with E-state index in [1.807, 2.05) is 19.1 Å². The number of ether oxygens (including phenoxy) is 1. The summed E-state index contributed by atoms with van der Waals surface area (Å²) in [6.07, 6.45) is 0.889. The minimum atomic E-state index is -0.261. The second-order valence-corrected chi connectivity index (χ2v) is 4.81. The van der Waals surface area contributed by atoms with Crippen LogP contribution in [-0.2, 0) is 9.53 Å². The van der Waals surface area contributed by atoms with Crippen molar-refractivity contribution in [2.45, 2.75) is 19.8 Å². The molecule has 0 fully saturated rings. The molecule has 0 aliphatic carbocycles. The zero-order chi connectivity index (χ0) is 13.5. The van der Waals surface area contributed by atoms with Gasteiger partial charge in [0.25, 0.3) is 5.91 Å². The van der Waals surface area contributed by atoms with E-state index in [0.29, 0.717) is 24.9 Å². The average molecular weight is 314 g/mol. The van der Waals surface area contributed by atoms with E-state index in [2.05, 4.69) is 26.0 Å². The molecule has 0 aliphatic rings. The number of aryl methyl sites for hydroxylation is 1. The second-order valence-electron chi connectivity index (χ2n) is 3.89. The van der Waals surface area contributed by atoms with Gasteiger partial charge in [-0.05, 0) is 31.0 Å². The molecule has 1 N–H and O–H groups in total. The van der Waals surface area contributed by atoms with Gasteiger partial charge >= 0.3 is 5.97 Å². The topological polar surface area (TPSA) is 55.4 Å². The van der Waals surface area contributed by atoms with Gasteiger partial charge in [0.15, 0.2) is 0 Å². The first-order valence-electron chi connectivity index (χ1n) is 5.65. The van der Waals surface area contributed by atoms with Gasteiger partial charge in [-0.1, -0.05) is 22.0 Å². The number of amides is 1. The maximum Gasteiger partial charge on any atom is 0.305 e. The number of nitrogens with one attached hydrogen (secondary N) is 1. The Morgan fingerprint density at radius 1 is 1.39 bits per heavy atom. The summed E-state index contributed by atoms with van der Waals surface area (Å²) >= 11 is 3.33. The molecular weight excluding hydrogens is 298 g/mol. The van der Waals surface area contributed by atoms with Crippen molar-refractivity contribution in [3.05, 3.63) is 33.8 Å². The molecule has 0 aliphatic heterocycles. The van der Waals surface area contributed by atoms with Gasteiger partial charge in [0.05, 0.1) is 7.11 Å². The fourth-order valence-corrected chi connectivity index (χ4v) is 1.83. The van der Waals surface area contributed by atoms with Gasteiger partial charge in [-0.3, -0.25) is 9.59 Å². The molecule has 5 heteroatoms. The smallest absolute Gasteiger partial charge is 0.305 e. The SMILES string of the molecule is COC(=O)CCCNC(=O)c1cc(Br)ccc1C. The van der Waals surface area contributed by atoms with Gasteiger partial charge in [0.1, 0.15) is 0 Å². The van der Waals surface area contributed by atoms with E-state index in [1.54, 1.807) is 6.07 Å². The monoisotopic (exact) mass is 313 g/mol. The molecule has 0 spiro atoms. The molecular formula is C13H16BrNO3. The molecule has 4 nitrogen and oxygen atoms in total. The van der Waals surface area contributed by atoms with E-state index < -0.39 is 0 Å². The van der Waals surface area contributed by atoms with E-state index in [0.717, 1.165) is 10.0 Å². The number of benzene rings is 1. The quantitative estimate of drug-likeness (QED) is 0.671. The van der Waals surface area contributed by atoms with Crippen LogP contribution in [-0.4, -0.2) is 25.5 Å². The third-order valence-corrected chi connectivity index (χ3v) is 3.01. The van der Waals surface area contributed by atoms with Crippen LogP contribution in [0, 0.1) is 6.92 Å². The zero-order valence-electron chi connectivity index (χ0n) is 10.5. The van der Waals surface area contributed by atoms with E-state index in [9.17, 15) is 9.59 Å². The van der Waals surface area contributed by atoms with E-state index >= 15 is 0 Å². The zero-order valence-corrected chi connectivity index (χ0v) is 12.0. The van der Waals surface area contributed by atoms with Crippen molar-refractivity contribution < 1.29 is 14.3 Å². The van der Waals surface area contributed by atoms with Gasteiger partial charge in [-0.2, -0.15) is 0 Å². The number of hydrogen-bond acceptors (Lipinski definition) is 3. The van der Waals surface area contributed by atoms with Crippen molar-refractivity contribution in [3.8, 4) is 0 Å². The van der Waals surface area contributed by atoms with E-state index in [1.165, 1.54) is 7.11 Å². The van der Waals surface area contributed by atoms with Crippen LogP contribution >= 0.6 is 15.9 Å². The van der Waals surface area contributed by atoms with Crippen molar-refractivity contribution in [3.63, 3.8) is 0 Å². The molecule has 0 saturated carbocycles. The van der Waals surface area contributed by atoms with E-state index in [4.69, 9.17) is 0 Å². The third kappa shape index (κ3) is 4.49. The summed E-state index contributed by atoms with van der Waals surface area (Å²) in [6, 6.07) is 5.56. The summed E-state index contributed by atoms with van der Waals surface area (Å²) in [5, 5.41) is 2.78. The van der Waals surface area contributed by atoms with Gasteiger partial charge in [-0.25, -0.2) is 0 Å². The maximum atomic E-state index is 11.9. The molecule has 98 valence electrons. The predicted octanol–water partition coefficient (Wildman–Crippen LogP) is 2.44. The number of esters is 1. The minimum Gasteiger partial charge on any atom is -0.469 e. The lowest BCUT2D eigenvalue weighted by molar-refractivity contribution is -0.140. The number of halogens is 1. The van der Waals surface area contributed by atoms with Gasteiger partial charge in [0.2, 0.25) is 0 Å². The van der Waals surface area contributed by atoms with Crippen LogP contribution in [0.2, 0.25) is 0 Å². The van der Waals surface area contributed by atoms with Crippen LogP contribution in [0.4, 0.5) is 0 Å². The summed E-state index contributed by atoms with van der Waals surface area (Å²) in [7, 11) is 1.35. The lowest BCUT2D eigenvalue weighted by atomic mass is 10.1. The molecule has 0 bridgehead atoms. The average Bonchev–Trinajstić information content (AvgIpc) is 2.36. The van der Waals surface area contributed by atoms with Crippen molar-refractivity contribution in [2.75, 3.05) is 13.7 Å². The van der Waals surface area contributed by atoms with Crippen molar-refractivity contribution in [2.24, 2.45) is 0 Å². The fourth-order valence-electron chi connectivity index (χ4n) is 1.47. The Morgan fingerprint density at radius 2 is 2.11 bits per heavy atom. The van der Waals surface area contributed by atoms with Crippen LogP contribution < -0.4 is 5.32 Å². The molecule has 1 aromatic carbocycles. The Bertz CT molecular complexity index is 446. The Labute approximate surface area is 115 Å². The van der Waals surface area contributed by atoms with Crippen molar-refractivity contribution in [1.29, 1.82) is 0 Å². The molecule has 1 aromatic rings. The lowest BCUT2D eigenvalue weighted by Crippen LogP contribution is -2.25. The number of carbonyl (C=O) groups is 2. The summed E-state index contributed by atoms with van der Waals surface area (Å²) in [4.78, 5) is 22.8. The largest absolute Gasteiger partial charge is 0.469 e. The van der Waals surface area contributed by atoms with Crippen LogP contribution in [0.25, 0.3) is 0 Å². The normalized spacial score (nSPS) is 9.94. The van der Waals surface area contributed by atoms with Gasteiger partial charge in [0, 0.05) is 23.0 Å². The first-order valence-corrected chi connectivity index (χ1v) is 6.45. The number of rotatable bonds is 5. The third-order valence-electron chi connectivity index (χ3n) is 2.52. The summed E-state index contributed by atoms with van der Waals surface area (Å²) in [5.41, 5.74) is 1.56. The first-order chi connectivity index (χ1) is 8.54. The number of carbonyl (C=O) groups excluding carboxylic acids is 2. The molecule has 0 aromatic heterocycles. The highest BCUT2D eigenvalue weighted by atomic mass is 79.9. The Kier molecular flexibility index (Phi) is 5.85. The van der Waals surface area contributed by atoms with Gasteiger partial charge < -0.3 is 10.1 Å². The highest BCUT2D eigenvalue weighted by Gasteiger charge is 2.09. The molecule has 1 rings (SSSR count). The fraction of sp³-hybridized carbons (Fsp3) is 0.385. The Balaban J connectivity index is 2.46. The van der Waals surface area contributed by atoms with Crippen LogP contribution in [0.3, 0.4) is 0 Å². The van der Waals surface area contributed by atoms with Crippen LogP contribution in [0.5, 0.6) is 0 Å². The highest BCUT2D eigenvalue weighted by molar-refractivity contribution is 9.10.